The van der Waals surface area contributed by atoms with Gasteiger partial charge >= 0.3 is 0 Å². The van der Waals surface area contributed by atoms with Crippen LogP contribution in [0.15, 0.2) is 6.33 Å². The molecule has 1 fully saturated rings. The van der Waals surface area contributed by atoms with Gasteiger partial charge in [0.1, 0.15) is 5.52 Å². The molecule has 1 aliphatic rings. The molecule has 2 aromatic rings. The number of anilines is 1. The molecular weight excluding hydrogens is 506 g/mol. The molecule has 0 saturated carbocycles. The van der Waals surface area contributed by atoms with Gasteiger partial charge in [-0.25, -0.2) is 4.98 Å². The van der Waals surface area contributed by atoms with Gasteiger partial charge in [0.05, 0.1) is 29.7 Å². The monoisotopic (exact) mass is 545 g/mol. The Balaban J connectivity index is 2.13. The van der Waals surface area contributed by atoms with E-state index in [4.69, 9.17) is 21.8 Å². The number of nitrogens with zero attached hydrogens (tertiary/aromatic N) is 4. The van der Waals surface area contributed by atoms with E-state index in [2.05, 4.69) is 62.7 Å². The molecule has 3 heterocycles. The third kappa shape index (κ3) is 5.21. The van der Waals surface area contributed by atoms with Crippen molar-refractivity contribution < 1.29 is 14.3 Å². The number of fused-ring (bicyclic) bond motifs is 1. The summed E-state index contributed by atoms with van der Waals surface area (Å²) in [6.45, 7) is 19.4. The summed E-state index contributed by atoms with van der Waals surface area (Å²) in [7, 11) is -4.65. The molecular formula is C22H40ClN5O3SSi2. The second-order valence-electron chi connectivity index (χ2n) is 12.1. The summed E-state index contributed by atoms with van der Waals surface area (Å²) >= 11 is 7.82. The molecule has 34 heavy (non-hydrogen) atoms. The average molecular weight is 546 g/mol. The van der Waals surface area contributed by atoms with E-state index in [1.54, 1.807) is 18.1 Å². The minimum Gasteiger partial charge on any atom is -0.432 e. The molecule has 2 aromatic heterocycles. The first-order chi connectivity index (χ1) is 15.4. The number of aliphatic hydroxyl groups is 1. The second kappa shape index (κ2) is 9.31. The Kier molecular flexibility index (Phi) is 7.64. The Bertz CT molecular complexity index is 1040. The van der Waals surface area contributed by atoms with Crippen molar-refractivity contribution >= 4 is 57.0 Å². The van der Waals surface area contributed by atoms with Crippen molar-refractivity contribution in [3.8, 4) is 0 Å². The quantitative estimate of drug-likeness (QED) is 0.327. The van der Waals surface area contributed by atoms with Crippen LogP contribution in [-0.4, -0.2) is 64.0 Å². The fraction of sp³-hybridized carbons (Fsp3) is 0.773. The zero-order valence-electron chi connectivity index (χ0n) is 21.8. The highest BCUT2D eigenvalue weighted by Crippen LogP contribution is 2.56. The smallest absolute Gasteiger partial charge is 0.226 e. The third-order valence-corrected chi connectivity index (χ3v) is 17.8. The SMILES string of the molecule is CC(C)(CC1C(O[Si](C)(C)C(C)(C)C)C(CO)SC1n1cnc2c(N)nc(Cl)nc21)[Si](C)(C)O. The molecule has 1 aliphatic heterocycles. The van der Waals surface area contributed by atoms with E-state index in [9.17, 15) is 9.90 Å². The van der Waals surface area contributed by atoms with Crippen LogP contribution in [0.1, 0.15) is 46.4 Å². The number of aromatic nitrogens is 4. The first kappa shape index (κ1) is 27.9. The number of thioether (sulfide) groups is 1. The Morgan fingerprint density at radius 2 is 1.79 bits per heavy atom. The van der Waals surface area contributed by atoms with Gasteiger partial charge in [0.15, 0.2) is 28.1 Å². The lowest BCUT2D eigenvalue weighted by atomic mass is 9.89. The Morgan fingerprint density at radius 3 is 2.32 bits per heavy atom. The van der Waals surface area contributed by atoms with Gasteiger partial charge in [-0.1, -0.05) is 34.6 Å². The topological polar surface area (TPSA) is 119 Å². The molecule has 4 N–H and O–H groups in total. The second-order valence-corrected chi connectivity index (χ2v) is 23.0. The highest BCUT2D eigenvalue weighted by molar-refractivity contribution is 8.00. The van der Waals surface area contributed by atoms with Crippen molar-refractivity contribution in [2.45, 2.75) is 94.0 Å². The van der Waals surface area contributed by atoms with E-state index < -0.39 is 16.6 Å². The van der Waals surface area contributed by atoms with Crippen LogP contribution in [0, 0.1) is 5.92 Å². The zero-order chi connectivity index (χ0) is 25.9. The summed E-state index contributed by atoms with van der Waals surface area (Å²) in [6, 6.07) is 0. The minimum atomic E-state index is -2.50. The third-order valence-electron chi connectivity index (χ3n) is 7.98. The lowest BCUT2D eigenvalue weighted by Gasteiger charge is -2.44. The highest BCUT2D eigenvalue weighted by atomic mass is 35.5. The molecule has 0 radical (unpaired) electrons. The molecule has 4 unspecified atom stereocenters. The maximum absolute atomic E-state index is 11.1. The maximum atomic E-state index is 11.1. The molecule has 4 atom stereocenters. The molecule has 0 aliphatic carbocycles. The van der Waals surface area contributed by atoms with Gasteiger partial charge in [-0.3, -0.25) is 0 Å². The van der Waals surface area contributed by atoms with Crippen LogP contribution in [0.2, 0.25) is 41.5 Å². The minimum absolute atomic E-state index is 0.00183. The fourth-order valence-electron chi connectivity index (χ4n) is 4.05. The predicted octanol–water partition coefficient (Wildman–Crippen LogP) is 5.04. The number of hydrogen-bond acceptors (Lipinski definition) is 8. The van der Waals surface area contributed by atoms with Crippen molar-refractivity contribution in [3.05, 3.63) is 11.6 Å². The van der Waals surface area contributed by atoms with E-state index in [-0.39, 0.29) is 50.4 Å². The van der Waals surface area contributed by atoms with Crippen molar-refractivity contribution in [3.63, 3.8) is 0 Å². The molecule has 0 aromatic carbocycles. The van der Waals surface area contributed by atoms with Gasteiger partial charge in [-0.15, -0.1) is 11.8 Å². The van der Waals surface area contributed by atoms with E-state index >= 15 is 0 Å². The number of hydrogen-bond donors (Lipinski definition) is 3. The Labute approximate surface area is 214 Å². The van der Waals surface area contributed by atoms with Crippen molar-refractivity contribution in [1.29, 1.82) is 0 Å². The molecule has 0 spiro atoms. The van der Waals surface area contributed by atoms with Crippen molar-refractivity contribution in [2.75, 3.05) is 12.3 Å². The summed E-state index contributed by atoms with van der Waals surface area (Å²) in [4.78, 5) is 24.1. The number of nitrogens with two attached hydrogens (primary N) is 1. The summed E-state index contributed by atoms with van der Waals surface area (Å²) in [5, 5.41) is 10.0. The van der Waals surface area contributed by atoms with Crippen LogP contribution in [0.3, 0.4) is 0 Å². The number of rotatable bonds is 7. The van der Waals surface area contributed by atoms with E-state index in [1.165, 1.54) is 0 Å². The molecule has 0 bridgehead atoms. The van der Waals surface area contributed by atoms with Crippen LogP contribution in [0.4, 0.5) is 5.82 Å². The summed E-state index contributed by atoms with van der Waals surface area (Å²) in [5.74, 6) is 0.253. The van der Waals surface area contributed by atoms with Crippen molar-refractivity contribution in [1.82, 2.24) is 19.5 Å². The first-order valence-electron chi connectivity index (χ1n) is 11.7. The number of aliphatic hydroxyl groups excluding tert-OH is 1. The lowest BCUT2D eigenvalue weighted by Crippen LogP contribution is -2.49. The average Bonchev–Trinajstić information content (AvgIpc) is 3.21. The van der Waals surface area contributed by atoms with E-state index in [1.807, 2.05) is 17.7 Å². The van der Waals surface area contributed by atoms with Gasteiger partial charge < -0.3 is 24.6 Å². The van der Waals surface area contributed by atoms with Gasteiger partial charge in [0.25, 0.3) is 0 Å². The van der Waals surface area contributed by atoms with Gasteiger partial charge in [-0.05, 0) is 54.3 Å². The summed E-state index contributed by atoms with van der Waals surface area (Å²) in [5.41, 5.74) is 7.15. The fourth-order valence-corrected chi connectivity index (χ4v) is 8.02. The zero-order valence-corrected chi connectivity index (χ0v) is 25.3. The van der Waals surface area contributed by atoms with Gasteiger partial charge in [-0.2, -0.15) is 9.97 Å². The number of nitrogen functional groups attached to an aromatic ring is 1. The largest absolute Gasteiger partial charge is 0.432 e. The van der Waals surface area contributed by atoms with Crippen LogP contribution in [0.5, 0.6) is 0 Å². The lowest BCUT2D eigenvalue weighted by molar-refractivity contribution is 0.0864. The number of halogens is 1. The summed E-state index contributed by atoms with van der Waals surface area (Å²) < 4.78 is 8.99. The van der Waals surface area contributed by atoms with Crippen LogP contribution in [0.25, 0.3) is 11.2 Å². The molecule has 12 heteroatoms. The number of imidazole rings is 1. The molecule has 0 amide bonds. The summed E-state index contributed by atoms with van der Waals surface area (Å²) in [6.07, 6.45) is 2.29. The van der Waals surface area contributed by atoms with Gasteiger partial charge in [0.2, 0.25) is 5.28 Å². The van der Waals surface area contributed by atoms with Gasteiger partial charge in [0, 0.05) is 5.92 Å². The molecule has 3 rings (SSSR count). The normalized spacial score (nSPS) is 24.8. The van der Waals surface area contributed by atoms with Crippen LogP contribution >= 0.6 is 23.4 Å². The van der Waals surface area contributed by atoms with Crippen LogP contribution in [-0.2, 0) is 4.43 Å². The van der Waals surface area contributed by atoms with Crippen LogP contribution < -0.4 is 5.73 Å². The Morgan fingerprint density at radius 1 is 1.18 bits per heavy atom. The first-order valence-corrected chi connectivity index (χ1v) is 18.9. The Hall–Kier alpha value is -0.696. The van der Waals surface area contributed by atoms with Crippen molar-refractivity contribution in [2.24, 2.45) is 5.92 Å². The molecule has 1 saturated heterocycles. The predicted molar refractivity (Wildman–Crippen MR) is 146 cm³/mol. The standard InChI is InChI=1S/C22H40ClN5O3SSi2/c1-21(2,3)34(8,9)31-16-13(10-22(4,5)33(6,7)30)19(32-14(16)11-29)28-12-25-15-17(24)26-20(23)27-18(15)28/h12-14,16,19,29-30H,10-11H2,1-9H3,(H2,24,26,27). The van der Waals surface area contributed by atoms with E-state index in [0.717, 1.165) is 6.42 Å². The maximum Gasteiger partial charge on any atom is 0.226 e. The molecule has 192 valence electrons. The van der Waals surface area contributed by atoms with E-state index in [0.29, 0.717) is 11.2 Å². The highest BCUT2D eigenvalue weighted by Gasteiger charge is 2.53. The molecule has 8 nitrogen and oxygen atoms in total.